The first-order chi connectivity index (χ1) is 9.89. The van der Waals surface area contributed by atoms with E-state index in [9.17, 15) is 19.1 Å². The van der Waals surface area contributed by atoms with Crippen LogP contribution in [0.25, 0.3) is 0 Å². The van der Waals surface area contributed by atoms with E-state index in [4.69, 9.17) is 14.2 Å². The van der Waals surface area contributed by atoms with Crippen LogP contribution < -0.4 is 0 Å². The van der Waals surface area contributed by atoms with Crippen LogP contribution in [-0.4, -0.2) is 47.8 Å². The van der Waals surface area contributed by atoms with Crippen molar-refractivity contribution in [2.24, 2.45) is 0 Å². The molecule has 0 aliphatic carbocycles. The first kappa shape index (κ1) is 14.0. The zero-order valence-electron chi connectivity index (χ0n) is 11.1. The molecule has 21 heavy (non-hydrogen) atoms. The third kappa shape index (κ3) is 2.28. The van der Waals surface area contributed by atoms with Crippen LogP contribution in [0.1, 0.15) is 27.6 Å². The fourth-order valence-corrected chi connectivity index (χ4v) is 2.36. The predicted molar refractivity (Wildman–Crippen MR) is 66.3 cm³/mol. The average Bonchev–Trinajstić information content (AvgIpc) is 2.65. The minimum atomic E-state index is -2.29. The molecule has 1 fully saturated rings. The molecule has 2 bridgehead atoms. The number of hydrogen-bond donors (Lipinski definition) is 1. The Balaban J connectivity index is 1.98. The molecule has 0 spiro atoms. The lowest BCUT2D eigenvalue weighted by molar-refractivity contribution is -0.144. The normalized spacial score (nSPS) is 35.7. The number of halogens is 1. The topological polar surface area (TPSA) is 82.1 Å². The molecular weight excluding hydrogens is 283 g/mol. The van der Waals surface area contributed by atoms with Gasteiger partial charge in [-0.15, -0.1) is 0 Å². The van der Waals surface area contributed by atoms with Gasteiger partial charge in [-0.3, -0.25) is 0 Å². The molecule has 3 aliphatic heterocycles. The molecule has 0 saturated carbocycles. The van der Waals surface area contributed by atoms with Crippen LogP contribution in [0, 0.1) is 0 Å². The maximum Gasteiger partial charge on any atom is 0.338 e. The number of carbonyl (C=O) groups is 2. The predicted octanol–water partition coefficient (Wildman–Crippen LogP) is 0.828. The SMILES string of the molecule is C[C@]1(F)C(O)O[C@@H]2COC(=O)c3ccc(cc3)C(=O)O[C@H]21. The minimum absolute atomic E-state index is 0.171. The second-order valence-corrected chi connectivity index (χ2v) is 5.18. The largest absolute Gasteiger partial charge is 0.459 e. The number of esters is 2. The van der Waals surface area contributed by atoms with Gasteiger partial charge in [-0.25, -0.2) is 14.0 Å². The van der Waals surface area contributed by atoms with Gasteiger partial charge < -0.3 is 19.3 Å². The molecule has 0 amide bonds. The zero-order valence-corrected chi connectivity index (χ0v) is 11.1. The molecule has 1 unspecified atom stereocenters. The Morgan fingerprint density at radius 2 is 1.76 bits per heavy atom. The van der Waals surface area contributed by atoms with Crippen molar-refractivity contribution in [1.82, 2.24) is 0 Å². The summed E-state index contributed by atoms with van der Waals surface area (Å²) in [5.74, 6) is -1.38. The van der Waals surface area contributed by atoms with Gasteiger partial charge in [0.25, 0.3) is 0 Å². The average molecular weight is 296 g/mol. The van der Waals surface area contributed by atoms with Gasteiger partial charge in [0.2, 0.25) is 0 Å². The molecule has 112 valence electrons. The molecule has 0 aromatic heterocycles. The highest BCUT2D eigenvalue weighted by atomic mass is 19.1. The number of rotatable bonds is 0. The molecule has 1 N–H and O–H groups in total. The van der Waals surface area contributed by atoms with E-state index in [1.165, 1.54) is 24.3 Å². The summed E-state index contributed by atoms with van der Waals surface area (Å²) in [5, 5.41) is 9.58. The number of hydrogen-bond acceptors (Lipinski definition) is 6. The summed E-state index contributed by atoms with van der Waals surface area (Å²) >= 11 is 0. The second-order valence-electron chi connectivity index (χ2n) is 5.18. The number of benzene rings is 1. The van der Waals surface area contributed by atoms with Gasteiger partial charge in [0.15, 0.2) is 18.1 Å². The van der Waals surface area contributed by atoms with Crippen LogP contribution in [0.5, 0.6) is 0 Å². The summed E-state index contributed by atoms with van der Waals surface area (Å²) in [6, 6.07) is 5.62. The monoisotopic (exact) mass is 296 g/mol. The number of carbonyl (C=O) groups excluding carboxylic acids is 2. The lowest BCUT2D eigenvalue weighted by Gasteiger charge is -2.25. The molecule has 0 radical (unpaired) electrons. The first-order valence-corrected chi connectivity index (χ1v) is 6.40. The second kappa shape index (κ2) is 4.78. The summed E-state index contributed by atoms with van der Waals surface area (Å²) in [6.45, 7) is 0.744. The summed E-state index contributed by atoms with van der Waals surface area (Å²) in [5.41, 5.74) is -1.86. The van der Waals surface area contributed by atoms with Gasteiger partial charge in [0, 0.05) is 0 Å². The summed E-state index contributed by atoms with van der Waals surface area (Å²) in [6.07, 6.45) is -4.20. The van der Waals surface area contributed by atoms with E-state index < -0.39 is 36.1 Å². The van der Waals surface area contributed by atoms with Crippen LogP contribution in [-0.2, 0) is 14.2 Å². The van der Waals surface area contributed by atoms with Crippen molar-refractivity contribution in [3.05, 3.63) is 35.4 Å². The van der Waals surface area contributed by atoms with Crippen molar-refractivity contribution >= 4 is 11.9 Å². The summed E-state index contributed by atoms with van der Waals surface area (Å²) in [7, 11) is 0. The number of aliphatic hydroxyl groups is 1. The number of ether oxygens (including phenoxy) is 3. The van der Waals surface area contributed by atoms with Crippen LogP contribution in [0.3, 0.4) is 0 Å². The zero-order chi connectivity index (χ0) is 15.2. The highest BCUT2D eigenvalue weighted by molar-refractivity contribution is 5.93. The number of aliphatic hydroxyl groups excluding tert-OH is 1. The molecule has 3 heterocycles. The fourth-order valence-electron chi connectivity index (χ4n) is 2.36. The highest BCUT2D eigenvalue weighted by Crippen LogP contribution is 2.36. The van der Waals surface area contributed by atoms with Crippen molar-refractivity contribution < 1.29 is 33.3 Å². The Hall–Kier alpha value is -1.99. The lowest BCUT2D eigenvalue weighted by Crippen LogP contribution is -2.45. The molecule has 4 rings (SSSR count). The van der Waals surface area contributed by atoms with E-state index in [-0.39, 0.29) is 17.7 Å². The van der Waals surface area contributed by atoms with Crippen LogP contribution in [0.4, 0.5) is 4.39 Å². The highest BCUT2D eigenvalue weighted by Gasteiger charge is 2.57. The maximum atomic E-state index is 14.5. The van der Waals surface area contributed by atoms with E-state index in [1.54, 1.807) is 0 Å². The van der Waals surface area contributed by atoms with Crippen LogP contribution >= 0.6 is 0 Å². The number of alkyl halides is 1. The Bertz CT molecular complexity index is 582. The van der Waals surface area contributed by atoms with Crippen LogP contribution in [0.15, 0.2) is 24.3 Å². The van der Waals surface area contributed by atoms with Gasteiger partial charge in [-0.05, 0) is 31.2 Å². The van der Waals surface area contributed by atoms with Gasteiger partial charge >= 0.3 is 11.9 Å². The third-order valence-electron chi connectivity index (χ3n) is 3.65. The van der Waals surface area contributed by atoms with E-state index in [0.29, 0.717) is 0 Å². The van der Waals surface area contributed by atoms with Crippen LogP contribution in [0.2, 0.25) is 0 Å². The molecule has 6 nitrogen and oxygen atoms in total. The van der Waals surface area contributed by atoms with E-state index >= 15 is 0 Å². The lowest BCUT2D eigenvalue weighted by atomic mass is 9.99. The van der Waals surface area contributed by atoms with Gasteiger partial charge in [-0.1, -0.05) is 0 Å². The molecule has 1 aromatic carbocycles. The Kier molecular flexibility index (Phi) is 3.18. The molecular formula is C14H13FO6. The number of fused-ring (bicyclic) bond motifs is 5. The molecule has 7 heteroatoms. The van der Waals surface area contributed by atoms with Crippen molar-refractivity contribution in [3.63, 3.8) is 0 Å². The van der Waals surface area contributed by atoms with E-state index in [2.05, 4.69) is 0 Å². The van der Waals surface area contributed by atoms with Crippen molar-refractivity contribution in [1.29, 1.82) is 0 Å². The van der Waals surface area contributed by atoms with Crippen molar-refractivity contribution in [2.45, 2.75) is 31.1 Å². The first-order valence-electron chi connectivity index (χ1n) is 6.40. The fraction of sp³-hybridized carbons (Fsp3) is 0.429. The standard InChI is InChI=1S/C14H13FO6/c1-14(15)10-9(20-13(14)18)6-19-11(16)7-2-4-8(5-3-7)12(17)21-10/h2-5,9-10,13,18H,6H2,1H3/t9-,10-,13?,14-/m1/s1. The summed E-state index contributed by atoms with van der Waals surface area (Å²) < 4.78 is 29.6. The molecule has 4 atom stereocenters. The van der Waals surface area contributed by atoms with Crippen molar-refractivity contribution in [2.75, 3.05) is 6.61 Å². The Morgan fingerprint density at radius 3 is 2.38 bits per heavy atom. The third-order valence-corrected chi connectivity index (χ3v) is 3.65. The van der Waals surface area contributed by atoms with E-state index in [0.717, 1.165) is 6.92 Å². The maximum absolute atomic E-state index is 14.5. The smallest absolute Gasteiger partial charge is 0.338 e. The molecule has 3 aliphatic rings. The van der Waals surface area contributed by atoms with E-state index in [1.807, 2.05) is 0 Å². The molecule has 1 aromatic rings. The molecule has 1 saturated heterocycles. The minimum Gasteiger partial charge on any atom is -0.459 e. The summed E-state index contributed by atoms with van der Waals surface area (Å²) in [4.78, 5) is 23.8. The quantitative estimate of drug-likeness (QED) is 0.714. The Labute approximate surface area is 119 Å². The Morgan fingerprint density at radius 1 is 1.19 bits per heavy atom. The van der Waals surface area contributed by atoms with Gasteiger partial charge in [0.1, 0.15) is 12.7 Å². The van der Waals surface area contributed by atoms with Crippen molar-refractivity contribution in [3.8, 4) is 0 Å². The van der Waals surface area contributed by atoms with Gasteiger partial charge in [-0.2, -0.15) is 0 Å². The van der Waals surface area contributed by atoms with Gasteiger partial charge in [0.05, 0.1) is 11.1 Å².